The molecule has 2 rings (SSSR count). The van der Waals surface area contributed by atoms with Gasteiger partial charge in [-0.25, -0.2) is 0 Å². The average Bonchev–Trinajstić information content (AvgIpc) is 2.80. The molecule has 1 aromatic heterocycles. The highest BCUT2D eigenvalue weighted by molar-refractivity contribution is 9.10. The van der Waals surface area contributed by atoms with E-state index in [0.717, 1.165) is 23.0 Å². The summed E-state index contributed by atoms with van der Waals surface area (Å²) in [7, 11) is 0. The Labute approximate surface area is 115 Å². The molecule has 0 fully saturated rings. The highest BCUT2D eigenvalue weighted by Gasteiger charge is 2.08. The fourth-order valence-electron chi connectivity index (χ4n) is 1.66. The number of nitrogens with zero attached hydrogens (tertiary/aromatic N) is 2. The standard InChI is InChI=1S/C13H14BrClN2/c1-2-13(15)11-7-16-17(9-11)8-10-5-3-4-6-12(10)14/h3-7,9,13H,2,8H2,1H3. The minimum absolute atomic E-state index is 0.0583. The molecule has 2 aromatic rings. The minimum Gasteiger partial charge on any atom is -0.268 e. The highest BCUT2D eigenvalue weighted by atomic mass is 79.9. The van der Waals surface area contributed by atoms with E-state index in [-0.39, 0.29) is 5.38 Å². The lowest BCUT2D eigenvalue weighted by atomic mass is 10.2. The number of hydrogen-bond acceptors (Lipinski definition) is 1. The van der Waals surface area contributed by atoms with E-state index in [4.69, 9.17) is 11.6 Å². The summed E-state index contributed by atoms with van der Waals surface area (Å²) in [6, 6.07) is 8.16. The fraction of sp³-hybridized carbons (Fsp3) is 0.308. The van der Waals surface area contributed by atoms with E-state index >= 15 is 0 Å². The maximum absolute atomic E-state index is 6.18. The second-order valence-electron chi connectivity index (χ2n) is 3.94. The van der Waals surface area contributed by atoms with Gasteiger partial charge in [-0.05, 0) is 18.1 Å². The molecular weight excluding hydrogens is 300 g/mol. The van der Waals surface area contributed by atoms with Gasteiger partial charge in [-0.1, -0.05) is 41.1 Å². The second-order valence-corrected chi connectivity index (χ2v) is 5.32. The Morgan fingerprint density at radius 3 is 2.88 bits per heavy atom. The lowest BCUT2D eigenvalue weighted by Gasteiger charge is -2.04. The van der Waals surface area contributed by atoms with E-state index in [1.54, 1.807) is 0 Å². The van der Waals surface area contributed by atoms with E-state index in [1.165, 1.54) is 5.56 Å². The topological polar surface area (TPSA) is 17.8 Å². The van der Waals surface area contributed by atoms with Crippen molar-refractivity contribution in [1.29, 1.82) is 0 Å². The maximum atomic E-state index is 6.18. The largest absolute Gasteiger partial charge is 0.268 e. The molecule has 0 N–H and O–H groups in total. The van der Waals surface area contributed by atoms with Crippen molar-refractivity contribution < 1.29 is 0 Å². The first-order chi connectivity index (χ1) is 8.20. The van der Waals surface area contributed by atoms with Crippen LogP contribution in [0.1, 0.15) is 29.8 Å². The second kappa shape index (κ2) is 5.69. The van der Waals surface area contributed by atoms with Gasteiger partial charge in [-0.15, -0.1) is 11.6 Å². The average molecular weight is 314 g/mol. The molecule has 1 atom stereocenters. The van der Waals surface area contributed by atoms with E-state index in [2.05, 4.69) is 34.0 Å². The Hall–Kier alpha value is -0.800. The van der Waals surface area contributed by atoms with Crippen LogP contribution >= 0.6 is 27.5 Å². The molecule has 2 nitrogen and oxygen atoms in total. The maximum Gasteiger partial charge on any atom is 0.0670 e. The smallest absolute Gasteiger partial charge is 0.0670 e. The Kier molecular flexibility index (Phi) is 4.24. The van der Waals surface area contributed by atoms with Gasteiger partial charge in [0.2, 0.25) is 0 Å². The molecule has 1 heterocycles. The van der Waals surface area contributed by atoms with Gasteiger partial charge in [0.25, 0.3) is 0 Å². The zero-order chi connectivity index (χ0) is 12.3. The number of aromatic nitrogens is 2. The van der Waals surface area contributed by atoms with Gasteiger partial charge >= 0.3 is 0 Å². The Balaban J connectivity index is 2.14. The van der Waals surface area contributed by atoms with Gasteiger partial charge in [-0.3, -0.25) is 4.68 Å². The van der Waals surface area contributed by atoms with E-state index in [0.29, 0.717) is 0 Å². The SMILES string of the molecule is CCC(Cl)c1cnn(Cc2ccccc2Br)c1. The van der Waals surface area contributed by atoms with Crippen LogP contribution in [0.3, 0.4) is 0 Å². The van der Waals surface area contributed by atoms with Crippen molar-refractivity contribution in [3.05, 3.63) is 52.3 Å². The molecule has 0 aliphatic rings. The van der Waals surface area contributed by atoms with Crippen molar-refractivity contribution in [2.45, 2.75) is 25.3 Å². The first-order valence-corrected chi connectivity index (χ1v) is 6.83. The summed E-state index contributed by atoms with van der Waals surface area (Å²) in [4.78, 5) is 0. The molecule has 0 spiro atoms. The number of halogens is 2. The van der Waals surface area contributed by atoms with Crippen molar-refractivity contribution in [2.75, 3.05) is 0 Å². The van der Waals surface area contributed by atoms with Crippen LogP contribution in [0.15, 0.2) is 41.1 Å². The number of alkyl halides is 1. The molecule has 0 saturated heterocycles. The summed E-state index contributed by atoms with van der Waals surface area (Å²) >= 11 is 9.71. The molecule has 1 aromatic carbocycles. The zero-order valence-electron chi connectivity index (χ0n) is 9.61. The molecule has 0 saturated carbocycles. The Morgan fingerprint density at radius 1 is 1.41 bits per heavy atom. The van der Waals surface area contributed by atoms with Crippen molar-refractivity contribution >= 4 is 27.5 Å². The molecule has 90 valence electrons. The third-order valence-electron chi connectivity index (χ3n) is 2.66. The lowest BCUT2D eigenvalue weighted by molar-refractivity contribution is 0.683. The summed E-state index contributed by atoms with van der Waals surface area (Å²) in [5, 5.41) is 4.39. The zero-order valence-corrected chi connectivity index (χ0v) is 11.9. The van der Waals surface area contributed by atoms with Crippen LogP contribution in [0.4, 0.5) is 0 Å². The molecule has 0 aliphatic carbocycles. The van der Waals surface area contributed by atoms with Crippen LogP contribution in [0.5, 0.6) is 0 Å². The first kappa shape index (κ1) is 12.7. The van der Waals surface area contributed by atoms with E-state index in [1.807, 2.05) is 35.3 Å². The molecule has 17 heavy (non-hydrogen) atoms. The van der Waals surface area contributed by atoms with E-state index in [9.17, 15) is 0 Å². The van der Waals surface area contributed by atoms with Crippen LogP contribution in [-0.4, -0.2) is 9.78 Å². The fourth-order valence-corrected chi connectivity index (χ4v) is 2.19. The minimum atomic E-state index is 0.0583. The molecule has 0 aliphatic heterocycles. The van der Waals surface area contributed by atoms with Crippen molar-refractivity contribution in [2.24, 2.45) is 0 Å². The summed E-state index contributed by atoms with van der Waals surface area (Å²) in [6.07, 6.45) is 4.78. The van der Waals surface area contributed by atoms with Crippen LogP contribution in [0, 0.1) is 0 Å². The number of hydrogen-bond donors (Lipinski definition) is 0. The summed E-state index contributed by atoms with van der Waals surface area (Å²) in [5.74, 6) is 0. The van der Waals surface area contributed by atoms with Gasteiger partial charge in [0.05, 0.1) is 18.1 Å². The predicted molar refractivity (Wildman–Crippen MR) is 74.4 cm³/mol. The van der Waals surface area contributed by atoms with Gasteiger partial charge in [0.15, 0.2) is 0 Å². The van der Waals surface area contributed by atoms with Crippen molar-refractivity contribution in [1.82, 2.24) is 9.78 Å². The quantitative estimate of drug-likeness (QED) is 0.766. The van der Waals surface area contributed by atoms with Gasteiger partial charge < -0.3 is 0 Å². The Bertz CT molecular complexity index is 496. The number of rotatable bonds is 4. The molecule has 4 heteroatoms. The van der Waals surface area contributed by atoms with Crippen LogP contribution in [-0.2, 0) is 6.54 Å². The normalized spacial score (nSPS) is 12.6. The van der Waals surface area contributed by atoms with Crippen LogP contribution in [0.2, 0.25) is 0 Å². The molecule has 0 radical (unpaired) electrons. The number of benzene rings is 1. The van der Waals surface area contributed by atoms with E-state index < -0.39 is 0 Å². The Morgan fingerprint density at radius 2 is 2.18 bits per heavy atom. The van der Waals surface area contributed by atoms with Crippen LogP contribution in [0.25, 0.3) is 0 Å². The van der Waals surface area contributed by atoms with Gasteiger partial charge in [0.1, 0.15) is 0 Å². The molecular formula is C13H14BrClN2. The summed E-state index contributed by atoms with van der Waals surface area (Å²) < 4.78 is 3.02. The van der Waals surface area contributed by atoms with Gasteiger partial charge in [-0.2, -0.15) is 5.10 Å². The lowest BCUT2D eigenvalue weighted by Crippen LogP contribution is -2.00. The monoisotopic (exact) mass is 312 g/mol. The predicted octanol–water partition coefficient (Wildman–Crippen LogP) is 4.38. The van der Waals surface area contributed by atoms with Gasteiger partial charge in [0, 0.05) is 16.2 Å². The first-order valence-electron chi connectivity index (χ1n) is 5.60. The third-order valence-corrected chi connectivity index (χ3v) is 4.00. The third kappa shape index (κ3) is 3.11. The highest BCUT2D eigenvalue weighted by Crippen LogP contribution is 2.23. The summed E-state index contributed by atoms with van der Waals surface area (Å²) in [5.41, 5.74) is 2.30. The molecule has 1 unspecified atom stereocenters. The molecule has 0 amide bonds. The summed E-state index contributed by atoms with van der Waals surface area (Å²) in [6.45, 7) is 2.83. The molecule has 0 bridgehead atoms. The van der Waals surface area contributed by atoms with Crippen LogP contribution < -0.4 is 0 Å². The van der Waals surface area contributed by atoms with Crippen molar-refractivity contribution in [3.8, 4) is 0 Å². The van der Waals surface area contributed by atoms with Crippen molar-refractivity contribution in [3.63, 3.8) is 0 Å².